The summed E-state index contributed by atoms with van der Waals surface area (Å²) in [6, 6.07) is 16.6. The summed E-state index contributed by atoms with van der Waals surface area (Å²) < 4.78 is 12.2. The van der Waals surface area contributed by atoms with Crippen molar-refractivity contribution in [1.82, 2.24) is 0 Å². The van der Waals surface area contributed by atoms with Gasteiger partial charge < -0.3 is 9.47 Å². The summed E-state index contributed by atoms with van der Waals surface area (Å²) in [6.45, 7) is 3.06. The first kappa shape index (κ1) is 14.2. The Kier molecular flexibility index (Phi) is 3.30. The molecule has 3 nitrogen and oxygen atoms in total. The molecule has 0 amide bonds. The quantitative estimate of drug-likeness (QED) is 0.798. The Morgan fingerprint density at radius 1 is 1.00 bits per heavy atom. The van der Waals surface area contributed by atoms with E-state index in [1.165, 1.54) is 0 Å². The lowest BCUT2D eigenvalue weighted by Gasteiger charge is -2.30. The first-order chi connectivity index (χ1) is 11.2. The van der Waals surface area contributed by atoms with Crippen LogP contribution in [-0.4, -0.2) is 13.2 Å². The molecule has 0 saturated carbocycles. The second kappa shape index (κ2) is 5.34. The van der Waals surface area contributed by atoms with E-state index in [1.807, 2.05) is 31.2 Å². The third kappa shape index (κ3) is 2.11. The van der Waals surface area contributed by atoms with E-state index >= 15 is 0 Å². The molecule has 1 atom stereocenters. The topological polar surface area (TPSA) is 42.2 Å². The standard InChI is InChI=1S/C20H17NO2/c1-14(13-21)16-8-9-19-17(12-16)7-6-15-4-2-3-5-18(15)20(19)22-10-11-23-20/h2-9,12,14H,10-11H2,1H3. The molecule has 1 spiro atoms. The second-order valence-corrected chi connectivity index (χ2v) is 5.93. The molecule has 0 N–H and O–H groups in total. The van der Waals surface area contributed by atoms with Gasteiger partial charge in [0, 0.05) is 11.1 Å². The van der Waals surface area contributed by atoms with Crippen molar-refractivity contribution in [2.45, 2.75) is 18.6 Å². The molecule has 1 aliphatic heterocycles. The molecule has 1 unspecified atom stereocenters. The molecule has 1 aliphatic carbocycles. The van der Waals surface area contributed by atoms with E-state index in [9.17, 15) is 5.26 Å². The summed E-state index contributed by atoms with van der Waals surface area (Å²) in [5.41, 5.74) is 5.19. The van der Waals surface area contributed by atoms with Crippen LogP contribution in [0.2, 0.25) is 0 Å². The van der Waals surface area contributed by atoms with Gasteiger partial charge in [-0.3, -0.25) is 0 Å². The molecule has 1 heterocycles. The second-order valence-electron chi connectivity index (χ2n) is 5.93. The zero-order valence-electron chi connectivity index (χ0n) is 13.0. The lowest BCUT2D eigenvalue weighted by Crippen LogP contribution is -2.30. The largest absolute Gasteiger partial charge is 0.340 e. The highest BCUT2D eigenvalue weighted by Crippen LogP contribution is 2.44. The highest BCUT2D eigenvalue weighted by atomic mass is 16.7. The van der Waals surface area contributed by atoms with Gasteiger partial charge in [0.1, 0.15) is 0 Å². The van der Waals surface area contributed by atoms with Crippen molar-refractivity contribution in [2.24, 2.45) is 0 Å². The van der Waals surface area contributed by atoms with Gasteiger partial charge >= 0.3 is 0 Å². The van der Waals surface area contributed by atoms with Crippen LogP contribution in [0.5, 0.6) is 0 Å². The lowest BCUT2D eigenvalue weighted by molar-refractivity contribution is -0.130. The Bertz CT molecular complexity index is 826. The molecule has 1 saturated heterocycles. The highest BCUT2D eigenvalue weighted by molar-refractivity contribution is 5.77. The molecule has 23 heavy (non-hydrogen) atoms. The summed E-state index contributed by atoms with van der Waals surface area (Å²) in [4.78, 5) is 0. The molecule has 2 aromatic rings. The zero-order chi connectivity index (χ0) is 15.9. The summed E-state index contributed by atoms with van der Waals surface area (Å²) in [6.07, 6.45) is 4.18. The van der Waals surface area contributed by atoms with Crippen LogP contribution in [0.3, 0.4) is 0 Å². The Morgan fingerprint density at radius 3 is 2.48 bits per heavy atom. The fourth-order valence-corrected chi connectivity index (χ4v) is 3.35. The first-order valence-corrected chi connectivity index (χ1v) is 7.84. The molecule has 2 aliphatic rings. The summed E-state index contributed by atoms with van der Waals surface area (Å²) in [5.74, 6) is -0.982. The van der Waals surface area contributed by atoms with Gasteiger partial charge in [-0.05, 0) is 29.7 Å². The van der Waals surface area contributed by atoms with Crippen LogP contribution in [0.15, 0.2) is 42.5 Å². The third-order valence-electron chi connectivity index (χ3n) is 4.58. The molecule has 1 fully saturated rings. The van der Waals surface area contributed by atoms with Crippen LogP contribution in [0.25, 0.3) is 12.2 Å². The summed E-state index contributed by atoms with van der Waals surface area (Å²) >= 11 is 0. The number of nitriles is 1. The van der Waals surface area contributed by atoms with Crippen molar-refractivity contribution in [3.8, 4) is 6.07 Å². The van der Waals surface area contributed by atoms with Crippen molar-refractivity contribution < 1.29 is 9.47 Å². The van der Waals surface area contributed by atoms with E-state index < -0.39 is 5.79 Å². The maximum atomic E-state index is 9.18. The van der Waals surface area contributed by atoms with E-state index in [0.29, 0.717) is 13.2 Å². The van der Waals surface area contributed by atoms with Crippen LogP contribution < -0.4 is 0 Å². The Hall–Kier alpha value is -2.41. The van der Waals surface area contributed by atoms with Crippen LogP contribution in [0, 0.1) is 11.3 Å². The molecule has 3 heteroatoms. The number of nitrogens with zero attached hydrogens (tertiary/aromatic N) is 1. The van der Waals surface area contributed by atoms with Crippen LogP contribution >= 0.6 is 0 Å². The minimum atomic E-state index is -0.843. The Labute approximate surface area is 135 Å². The normalized spacial score (nSPS) is 18.8. The van der Waals surface area contributed by atoms with Gasteiger partial charge in [0.15, 0.2) is 0 Å². The SMILES string of the molecule is CC(C#N)c1ccc2c(c1)C=Cc1ccccc1C21OCCO1. The average molecular weight is 303 g/mol. The number of hydrogen-bond donors (Lipinski definition) is 0. The van der Waals surface area contributed by atoms with Crippen LogP contribution in [0.4, 0.5) is 0 Å². The third-order valence-corrected chi connectivity index (χ3v) is 4.58. The van der Waals surface area contributed by atoms with E-state index in [2.05, 4.69) is 36.4 Å². The molecule has 4 rings (SSSR count). The van der Waals surface area contributed by atoms with Gasteiger partial charge in [0.25, 0.3) is 0 Å². The lowest BCUT2D eigenvalue weighted by atomic mass is 9.90. The molecule has 2 aromatic carbocycles. The molecule has 0 bridgehead atoms. The minimum absolute atomic E-state index is 0.138. The number of rotatable bonds is 1. The van der Waals surface area contributed by atoms with E-state index in [4.69, 9.17) is 9.47 Å². The van der Waals surface area contributed by atoms with Crippen molar-refractivity contribution in [3.63, 3.8) is 0 Å². The minimum Gasteiger partial charge on any atom is -0.340 e. The number of hydrogen-bond acceptors (Lipinski definition) is 3. The fourth-order valence-electron chi connectivity index (χ4n) is 3.35. The van der Waals surface area contributed by atoms with Gasteiger partial charge in [-0.25, -0.2) is 0 Å². The number of benzene rings is 2. The average Bonchev–Trinajstić information content (AvgIpc) is 3.04. The van der Waals surface area contributed by atoms with E-state index in [1.54, 1.807) is 0 Å². The van der Waals surface area contributed by atoms with Gasteiger partial charge in [0.2, 0.25) is 5.79 Å². The molecular formula is C20H17NO2. The van der Waals surface area contributed by atoms with Gasteiger partial charge in [-0.1, -0.05) is 48.6 Å². The van der Waals surface area contributed by atoms with Gasteiger partial charge in [-0.2, -0.15) is 5.26 Å². The monoisotopic (exact) mass is 303 g/mol. The summed E-state index contributed by atoms with van der Waals surface area (Å²) in [5, 5.41) is 9.18. The number of fused-ring (bicyclic) bond motifs is 4. The number of ether oxygens (including phenoxy) is 2. The van der Waals surface area contributed by atoms with E-state index in [-0.39, 0.29) is 5.92 Å². The zero-order valence-corrected chi connectivity index (χ0v) is 13.0. The van der Waals surface area contributed by atoms with Crippen molar-refractivity contribution in [3.05, 3.63) is 70.3 Å². The Morgan fingerprint density at radius 2 is 1.70 bits per heavy atom. The van der Waals surface area contributed by atoms with Gasteiger partial charge in [0.05, 0.1) is 25.2 Å². The highest BCUT2D eigenvalue weighted by Gasteiger charge is 2.44. The van der Waals surface area contributed by atoms with Crippen LogP contribution in [-0.2, 0) is 15.3 Å². The van der Waals surface area contributed by atoms with Gasteiger partial charge in [-0.15, -0.1) is 0 Å². The smallest absolute Gasteiger partial charge is 0.223 e. The predicted molar refractivity (Wildman–Crippen MR) is 88.5 cm³/mol. The summed E-state index contributed by atoms with van der Waals surface area (Å²) in [7, 11) is 0. The molecule has 114 valence electrons. The predicted octanol–water partition coefficient (Wildman–Crippen LogP) is 4.05. The molecule has 0 aromatic heterocycles. The maximum Gasteiger partial charge on any atom is 0.223 e. The fraction of sp³-hybridized carbons (Fsp3) is 0.250. The molecule has 0 radical (unpaired) electrons. The maximum absolute atomic E-state index is 9.18. The Balaban J connectivity index is 1.96. The first-order valence-electron chi connectivity index (χ1n) is 7.84. The van der Waals surface area contributed by atoms with Crippen LogP contribution in [0.1, 0.15) is 40.7 Å². The molecular weight excluding hydrogens is 286 g/mol. The van der Waals surface area contributed by atoms with Crippen molar-refractivity contribution in [1.29, 1.82) is 5.26 Å². The van der Waals surface area contributed by atoms with E-state index in [0.717, 1.165) is 27.8 Å². The van der Waals surface area contributed by atoms with Crippen molar-refractivity contribution in [2.75, 3.05) is 13.2 Å². The van der Waals surface area contributed by atoms with Crippen molar-refractivity contribution >= 4 is 12.2 Å².